The van der Waals surface area contributed by atoms with E-state index in [0.717, 1.165) is 25.9 Å². The monoisotopic (exact) mass is 177 g/mol. The molecule has 70 valence electrons. The van der Waals surface area contributed by atoms with Crippen molar-refractivity contribution in [1.29, 1.82) is 0 Å². The highest BCUT2D eigenvalue weighted by molar-refractivity contribution is 5.93. The highest BCUT2D eigenvalue weighted by Gasteiger charge is 2.19. The molecular formula is C11H15NO. The molecule has 0 aromatic rings. The molecule has 0 aromatic heterocycles. The number of piperidine rings is 1. The van der Waals surface area contributed by atoms with Gasteiger partial charge in [-0.2, -0.15) is 0 Å². The molecule has 1 saturated carbocycles. The van der Waals surface area contributed by atoms with Crippen LogP contribution in [0.25, 0.3) is 0 Å². The third-order valence-corrected chi connectivity index (χ3v) is 2.60. The number of hydrogen-bond acceptors (Lipinski definition) is 1. The minimum Gasteiger partial charge on any atom is -0.332 e. The number of hydrogen-bond donors (Lipinski definition) is 0. The highest BCUT2D eigenvalue weighted by Crippen LogP contribution is 2.27. The van der Waals surface area contributed by atoms with Crippen LogP contribution in [0.2, 0.25) is 0 Å². The van der Waals surface area contributed by atoms with Gasteiger partial charge in [-0.05, 0) is 38.0 Å². The van der Waals surface area contributed by atoms with Crippen LogP contribution in [0.4, 0.5) is 0 Å². The van der Waals surface area contributed by atoms with Crippen LogP contribution >= 0.6 is 0 Å². The Balaban J connectivity index is 1.84. The van der Waals surface area contributed by atoms with Gasteiger partial charge in [0.15, 0.2) is 0 Å². The first-order chi connectivity index (χ1) is 6.36. The summed E-state index contributed by atoms with van der Waals surface area (Å²) < 4.78 is 0. The summed E-state index contributed by atoms with van der Waals surface area (Å²) in [5.74, 6) is 6.35. The Bertz CT molecular complexity index is 251. The molecule has 0 unspecified atom stereocenters. The summed E-state index contributed by atoms with van der Waals surface area (Å²) in [6, 6.07) is 0. The van der Waals surface area contributed by atoms with E-state index in [1.807, 2.05) is 4.90 Å². The Morgan fingerprint density at radius 1 is 1.15 bits per heavy atom. The fourth-order valence-electron chi connectivity index (χ4n) is 1.57. The van der Waals surface area contributed by atoms with Gasteiger partial charge in [0, 0.05) is 19.0 Å². The van der Waals surface area contributed by atoms with Crippen molar-refractivity contribution in [2.24, 2.45) is 5.92 Å². The van der Waals surface area contributed by atoms with E-state index in [4.69, 9.17) is 0 Å². The quantitative estimate of drug-likeness (QED) is 0.512. The van der Waals surface area contributed by atoms with Gasteiger partial charge in [-0.3, -0.25) is 4.79 Å². The summed E-state index contributed by atoms with van der Waals surface area (Å²) in [4.78, 5) is 13.4. The van der Waals surface area contributed by atoms with Crippen LogP contribution in [-0.2, 0) is 4.79 Å². The van der Waals surface area contributed by atoms with E-state index in [9.17, 15) is 4.79 Å². The molecule has 2 fully saturated rings. The molecule has 1 saturated heterocycles. The third kappa shape index (κ3) is 2.48. The predicted octanol–water partition coefficient (Wildman–Crippen LogP) is 1.41. The van der Waals surface area contributed by atoms with E-state index >= 15 is 0 Å². The lowest BCUT2D eigenvalue weighted by atomic mass is 10.1. The van der Waals surface area contributed by atoms with Crippen LogP contribution in [-0.4, -0.2) is 23.9 Å². The molecule has 1 aliphatic carbocycles. The van der Waals surface area contributed by atoms with E-state index in [1.54, 1.807) is 0 Å². The van der Waals surface area contributed by atoms with Gasteiger partial charge in [-0.25, -0.2) is 0 Å². The minimum atomic E-state index is 0.0478. The largest absolute Gasteiger partial charge is 0.332 e. The molecule has 0 radical (unpaired) electrons. The van der Waals surface area contributed by atoms with Crippen molar-refractivity contribution in [3.8, 4) is 11.8 Å². The molecule has 0 atom stereocenters. The van der Waals surface area contributed by atoms with Gasteiger partial charge in [-0.15, -0.1) is 0 Å². The Kier molecular flexibility index (Phi) is 2.54. The van der Waals surface area contributed by atoms with Gasteiger partial charge >= 0.3 is 0 Å². The van der Waals surface area contributed by atoms with Crippen LogP contribution in [0.1, 0.15) is 32.1 Å². The molecule has 2 nitrogen and oxygen atoms in total. The maximum Gasteiger partial charge on any atom is 0.298 e. The molecule has 1 heterocycles. The number of carbonyl (C=O) groups is 1. The van der Waals surface area contributed by atoms with Gasteiger partial charge in [0.1, 0.15) is 0 Å². The second kappa shape index (κ2) is 3.83. The Hall–Kier alpha value is -0.970. The van der Waals surface area contributed by atoms with Crippen molar-refractivity contribution in [1.82, 2.24) is 4.90 Å². The van der Waals surface area contributed by atoms with Crippen molar-refractivity contribution in [3.63, 3.8) is 0 Å². The van der Waals surface area contributed by atoms with Crippen LogP contribution < -0.4 is 0 Å². The van der Waals surface area contributed by atoms with Gasteiger partial charge in [0.25, 0.3) is 5.91 Å². The standard InChI is InChI=1S/C11H15NO/c13-11(7-6-10-4-5-10)12-8-2-1-3-9-12/h10H,1-5,8-9H2. The van der Waals surface area contributed by atoms with Crippen molar-refractivity contribution < 1.29 is 4.79 Å². The molecule has 0 spiro atoms. The lowest BCUT2D eigenvalue weighted by Gasteiger charge is -2.24. The zero-order valence-corrected chi connectivity index (χ0v) is 7.88. The summed E-state index contributed by atoms with van der Waals surface area (Å²) in [7, 11) is 0. The van der Waals surface area contributed by atoms with Crippen LogP contribution in [0.15, 0.2) is 0 Å². The van der Waals surface area contributed by atoms with E-state index in [1.165, 1.54) is 19.3 Å². The molecule has 1 amide bonds. The number of carbonyl (C=O) groups excluding carboxylic acids is 1. The average molecular weight is 177 g/mol. The first-order valence-electron chi connectivity index (χ1n) is 5.17. The number of likely N-dealkylation sites (tertiary alicyclic amines) is 1. The summed E-state index contributed by atoms with van der Waals surface area (Å²) in [5, 5.41) is 0. The zero-order chi connectivity index (χ0) is 9.10. The van der Waals surface area contributed by atoms with Crippen molar-refractivity contribution >= 4 is 5.91 Å². The summed E-state index contributed by atoms with van der Waals surface area (Å²) in [6.07, 6.45) is 5.95. The SMILES string of the molecule is O=C(C#CC1CC1)N1CCCCC1. The molecule has 1 aliphatic heterocycles. The van der Waals surface area contributed by atoms with E-state index in [2.05, 4.69) is 11.8 Å². The van der Waals surface area contributed by atoms with Gasteiger partial charge in [0.05, 0.1) is 0 Å². The molecule has 2 aliphatic rings. The predicted molar refractivity (Wildman–Crippen MR) is 50.9 cm³/mol. The average Bonchev–Trinajstić information content (AvgIpc) is 2.99. The van der Waals surface area contributed by atoms with Crippen LogP contribution in [0.5, 0.6) is 0 Å². The fraction of sp³-hybridized carbons (Fsp3) is 0.727. The number of nitrogens with zero attached hydrogens (tertiary/aromatic N) is 1. The Morgan fingerprint density at radius 2 is 1.85 bits per heavy atom. The van der Waals surface area contributed by atoms with Crippen molar-refractivity contribution in [2.45, 2.75) is 32.1 Å². The van der Waals surface area contributed by atoms with Gasteiger partial charge in [0.2, 0.25) is 0 Å². The van der Waals surface area contributed by atoms with Crippen LogP contribution in [0, 0.1) is 17.8 Å². The van der Waals surface area contributed by atoms with Crippen molar-refractivity contribution in [2.75, 3.05) is 13.1 Å². The van der Waals surface area contributed by atoms with Crippen LogP contribution in [0.3, 0.4) is 0 Å². The Morgan fingerprint density at radius 3 is 2.46 bits per heavy atom. The first-order valence-corrected chi connectivity index (χ1v) is 5.17. The normalized spacial score (nSPS) is 22.0. The summed E-state index contributed by atoms with van der Waals surface area (Å²) in [5.41, 5.74) is 0. The molecule has 0 bridgehead atoms. The fourth-order valence-corrected chi connectivity index (χ4v) is 1.57. The number of rotatable bonds is 0. The molecule has 13 heavy (non-hydrogen) atoms. The van der Waals surface area contributed by atoms with Gasteiger partial charge < -0.3 is 4.90 Å². The molecule has 2 heteroatoms. The smallest absolute Gasteiger partial charge is 0.298 e. The topological polar surface area (TPSA) is 20.3 Å². The van der Waals surface area contributed by atoms with Crippen molar-refractivity contribution in [3.05, 3.63) is 0 Å². The van der Waals surface area contributed by atoms with E-state index in [-0.39, 0.29) is 5.91 Å². The zero-order valence-electron chi connectivity index (χ0n) is 7.88. The molecule has 2 rings (SSSR count). The van der Waals surface area contributed by atoms with E-state index < -0.39 is 0 Å². The van der Waals surface area contributed by atoms with Gasteiger partial charge in [-0.1, -0.05) is 5.92 Å². The maximum absolute atomic E-state index is 11.5. The third-order valence-electron chi connectivity index (χ3n) is 2.60. The highest BCUT2D eigenvalue weighted by atomic mass is 16.2. The summed E-state index contributed by atoms with van der Waals surface area (Å²) in [6.45, 7) is 1.83. The minimum absolute atomic E-state index is 0.0478. The number of amides is 1. The Labute approximate surface area is 79.3 Å². The summed E-state index contributed by atoms with van der Waals surface area (Å²) >= 11 is 0. The second-order valence-corrected chi connectivity index (χ2v) is 3.90. The maximum atomic E-state index is 11.5. The lowest BCUT2D eigenvalue weighted by Crippen LogP contribution is -2.34. The lowest BCUT2D eigenvalue weighted by molar-refractivity contribution is -0.125. The van der Waals surface area contributed by atoms with E-state index in [0.29, 0.717) is 5.92 Å². The molecule has 0 N–H and O–H groups in total. The second-order valence-electron chi connectivity index (χ2n) is 3.90. The molecular weight excluding hydrogens is 162 g/mol. The molecule has 0 aromatic carbocycles. The first kappa shape index (κ1) is 8.62.